The van der Waals surface area contributed by atoms with Crippen molar-refractivity contribution in [2.75, 3.05) is 18.0 Å². The van der Waals surface area contributed by atoms with Crippen LogP contribution in [0.15, 0.2) is 30.3 Å². The summed E-state index contributed by atoms with van der Waals surface area (Å²) in [7, 11) is 0. The van der Waals surface area contributed by atoms with Crippen molar-refractivity contribution in [3.8, 4) is 0 Å². The predicted molar refractivity (Wildman–Crippen MR) is 97.5 cm³/mol. The Morgan fingerprint density at radius 3 is 2.92 bits per heavy atom. The molecule has 1 N–H and O–H groups in total. The zero-order valence-electron chi connectivity index (χ0n) is 14.3. The Morgan fingerprint density at radius 1 is 1.29 bits per heavy atom. The largest absolute Gasteiger partial charge is 0.356 e. The number of benzene rings is 1. The monoisotopic (exact) mass is 323 g/mol. The molecule has 1 unspecified atom stereocenters. The standard InChI is InChI=1S/C20H25N3O/c1-2-14-6-5-11-23(13-14)19-12-17(20(24)21-15-9-10-15)16-7-3-4-8-18(16)22-19/h3-4,7-8,12,14-15H,2,5-6,9-11,13H2,1H3,(H,21,24). The number of para-hydroxylation sites is 1. The Labute approximate surface area is 143 Å². The molecule has 1 saturated heterocycles. The van der Waals surface area contributed by atoms with Crippen LogP contribution in [0.2, 0.25) is 0 Å². The number of piperidine rings is 1. The van der Waals surface area contributed by atoms with Gasteiger partial charge in [0.25, 0.3) is 5.91 Å². The number of fused-ring (bicyclic) bond motifs is 1. The second-order valence-corrected chi connectivity index (χ2v) is 7.16. The van der Waals surface area contributed by atoms with E-state index in [2.05, 4.69) is 17.1 Å². The fourth-order valence-corrected chi connectivity index (χ4v) is 3.61. The Kier molecular flexibility index (Phi) is 4.13. The molecule has 1 aromatic heterocycles. The molecule has 4 heteroatoms. The van der Waals surface area contributed by atoms with Crippen molar-refractivity contribution in [1.82, 2.24) is 10.3 Å². The van der Waals surface area contributed by atoms with Gasteiger partial charge in [-0.3, -0.25) is 4.79 Å². The van der Waals surface area contributed by atoms with Crippen molar-refractivity contribution in [3.05, 3.63) is 35.9 Å². The van der Waals surface area contributed by atoms with Crippen LogP contribution < -0.4 is 10.2 Å². The first kappa shape index (κ1) is 15.4. The van der Waals surface area contributed by atoms with Gasteiger partial charge in [-0.25, -0.2) is 4.98 Å². The van der Waals surface area contributed by atoms with Gasteiger partial charge in [0.05, 0.1) is 11.1 Å². The molecular formula is C20H25N3O. The van der Waals surface area contributed by atoms with Gasteiger partial charge in [0, 0.05) is 24.5 Å². The van der Waals surface area contributed by atoms with Crippen LogP contribution in [0.3, 0.4) is 0 Å². The smallest absolute Gasteiger partial charge is 0.252 e. The van der Waals surface area contributed by atoms with Crippen LogP contribution in [0.25, 0.3) is 10.9 Å². The topological polar surface area (TPSA) is 45.2 Å². The Balaban J connectivity index is 1.71. The Morgan fingerprint density at radius 2 is 2.12 bits per heavy atom. The van der Waals surface area contributed by atoms with Crippen LogP contribution in [0, 0.1) is 5.92 Å². The zero-order chi connectivity index (χ0) is 16.5. The van der Waals surface area contributed by atoms with E-state index in [0.29, 0.717) is 6.04 Å². The highest BCUT2D eigenvalue weighted by Crippen LogP contribution is 2.28. The molecular weight excluding hydrogens is 298 g/mol. The van der Waals surface area contributed by atoms with Gasteiger partial charge in [-0.05, 0) is 43.7 Å². The van der Waals surface area contributed by atoms with E-state index in [4.69, 9.17) is 4.98 Å². The number of amides is 1. The third-order valence-electron chi connectivity index (χ3n) is 5.28. The van der Waals surface area contributed by atoms with E-state index in [9.17, 15) is 4.79 Å². The molecule has 0 spiro atoms. The molecule has 2 heterocycles. The minimum Gasteiger partial charge on any atom is -0.356 e. The van der Waals surface area contributed by atoms with Crippen LogP contribution in [0.4, 0.5) is 5.82 Å². The quantitative estimate of drug-likeness (QED) is 0.932. The number of hydrogen-bond donors (Lipinski definition) is 1. The van der Waals surface area contributed by atoms with Crippen molar-refractivity contribution in [1.29, 1.82) is 0 Å². The highest BCUT2D eigenvalue weighted by molar-refractivity contribution is 6.07. The summed E-state index contributed by atoms with van der Waals surface area (Å²) in [6.07, 6.45) is 5.92. The number of carbonyl (C=O) groups excluding carboxylic acids is 1. The minimum atomic E-state index is 0.0430. The lowest BCUT2D eigenvalue weighted by Gasteiger charge is -2.33. The van der Waals surface area contributed by atoms with Gasteiger partial charge in [-0.15, -0.1) is 0 Å². The SMILES string of the molecule is CCC1CCCN(c2cc(C(=O)NC3CC3)c3ccccc3n2)C1. The molecule has 1 aliphatic heterocycles. The first-order chi connectivity index (χ1) is 11.7. The zero-order valence-corrected chi connectivity index (χ0v) is 14.3. The summed E-state index contributed by atoms with van der Waals surface area (Å²) < 4.78 is 0. The first-order valence-electron chi connectivity index (χ1n) is 9.20. The molecule has 1 saturated carbocycles. The summed E-state index contributed by atoms with van der Waals surface area (Å²) in [6, 6.07) is 10.3. The van der Waals surface area contributed by atoms with Crippen molar-refractivity contribution in [3.63, 3.8) is 0 Å². The van der Waals surface area contributed by atoms with Gasteiger partial charge in [0.1, 0.15) is 5.82 Å². The number of aromatic nitrogens is 1. The van der Waals surface area contributed by atoms with Crippen LogP contribution >= 0.6 is 0 Å². The number of anilines is 1. The average Bonchev–Trinajstić information content (AvgIpc) is 3.44. The van der Waals surface area contributed by atoms with E-state index < -0.39 is 0 Å². The minimum absolute atomic E-state index is 0.0430. The molecule has 2 aliphatic rings. The van der Waals surface area contributed by atoms with Crippen molar-refractivity contribution < 1.29 is 4.79 Å². The lowest BCUT2D eigenvalue weighted by Crippen LogP contribution is -2.36. The van der Waals surface area contributed by atoms with E-state index in [-0.39, 0.29) is 5.91 Å². The Bertz CT molecular complexity index is 754. The number of rotatable bonds is 4. The average molecular weight is 323 g/mol. The lowest BCUT2D eigenvalue weighted by molar-refractivity contribution is 0.0952. The lowest BCUT2D eigenvalue weighted by atomic mass is 9.95. The third-order valence-corrected chi connectivity index (χ3v) is 5.28. The first-order valence-corrected chi connectivity index (χ1v) is 9.20. The van der Waals surface area contributed by atoms with E-state index in [0.717, 1.165) is 54.1 Å². The van der Waals surface area contributed by atoms with E-state index in [1.807, 2.05) is 30.3 Å². The van der Waals surface area contributed by atoms with Gasteiger partial charge in [-0.2, -0.15) is 0 Å². The van der Waals surface area contributed by atoms with Crippen LogP contribution in [0.5, 0.6) is 0 Å². The molecule has 4 rings (SSSR count). The number of pyridine rings is 1. The van der Waals surface area contributed by atoms with Gasteiger partial charge < -0.3 is 10.2 Å². The van der Waals surface area contributed by atoms with E-state index >= 15 is 0 Å². The molecule has 0 radical (unpaired) electrons. The number of carbonyl (C=O) groups is 1. The van der Waals surface area contributed by atoms with Gasteiger partial charge in [0.15, 0.2) is 0 Å². The molecule has 24 heavy (non-hydrogen) atoms. The molecule has 0 bridgehead atoms. The molecule has 1 aliphatic carbocycles. The van der Waals surface area contributed by atoms with Crippen molar-refractivity contribution >= 4 is 22.6 Å². The predicted octanol–water partition coefficient (Wildman–Crippen LogP) is 3.75. The van der Waals surface area contributed by atoms with E-state index in [1.165, 1.54) is 19.3 Å². The van der Waals surface area contributed by atoms with Crippen molar-refractivity contribution in [2.24, 2.45) is 5.92 Å². The molecule has 4 nitrogen and oxygen atoms in total. The third kappa shape index (κ3) is 3.10. The fraction of sp³-hybridized carbons (Fsp3) is 0.500. The summed E-state index contributed by atoms with van der Waals surface area (Å²) in [6.45, 7) is 4.34. The van der Waals surface area contributed by atoms with Crippen LogP contribution in [-0.2, 0) is 0 Å². The maximum absolute atomic E-state index is 12.7. The molecule has 2 aromatic rings. The maximum atomic E-state index is 12.7. The summed E-state index contributed by atoms with van der Waals surface area (Å²) in [5, 5.41) is 4.07. The van der Waals surface area contributed by atoms with Gasteiger partial charge in [-0.1, -0.05) is 31.5 Å². The summed E-state index contributed by atoms with van der Waals surface area (Å²) in [5.74, 6) is 1.73. The summed E-state index contributed by atoms with van der Waals surface area (Å²) in [4.78, 5) is 19.9. The molecule has 1 aromatic carbocycles. The normalized spacial score (nSPS) is 21.0. The molecule has 1 atom stereocenters. The van der Waals surface area contributed by atoms with E-state index in [1.54, 1.807) is 0 Å². The second kappa shape index (κ2) is 6.42. The van der Waals surface area contributed by atoms with Crippen LogP contribution in [0.1, 0.15) is 49.4 Å². The summed E-state index contributed by atoms with van der Waals surface area (Å²) >= 11 is 0. The molecule has 126 valence electrons. The van der Waals surface area contributed by atoms with Gasteiger partial charge in [0.2, 0.25) is 0 Å². The number of nitrogens with zero attached hydrogens (tertiary/aromatic N) is 2. The molecule has 1 amide bonds. The second-order valence-electron chi connectivity index (χ2n) is 7.16. The van der Waals surface area contributed by atoms with Gasteiger partial charge >= 0.3 is 0 Å². The van der Waals surface area contributed by atoms with Crippen molar-refractivity contribution in [2.45, 2.75) is 45.1 Å². The molecule has 2 fully saturated rings. The highest BCUT2D eigenvalue weighted by atomic mass is 16.1. The summed E-state index contributed by atoms with van der Waals surface area (Å²) in [5.41, 5.74) is 1.68. The highest BCUT2D eigenvalue weighted by Gasteiger charge is 2.26. The fourth-order valence-electron chi connectivity index (χ4n) is 3.61. The number of hydrogen-bond acceptors (Lipinski definition) is 3. The number of nitrogens with one attached hydrogen (secondary N) is 1. The maximum Gasteiger partial charge on any atom is 0.252 e. The van der Waals surface area contributed by atoms with Crippen LogP contribution in [-0.4, -0.2) is 30.0 Å². The Hall–Kier alpha value is -2.10.